The zero-order valence-electron chi connectivity index (χ0n) is 14.9. The number of ether oxygens (including phenoxy) is 1. The summed E-state index contributed by atoms with van der Waals surface area (Å²) in [6.45, 7) is 7.23. The Bertz CT molecular complexity index is 635. The Labute approximate surface area is 150 Å². The number of nitrogens with one attached hydrogen (secondary N) is 1. The van der Waals surface area contributed by atoms with Crippen LogP contribution in [0.25, 0.3) is 11.1 Å². The molecule has 4 nitrogen and oxygen atoms in total. The van der Waals surface area contributed by atoms with Crippen molar-refractivity contribution in [3.8, 4) is 11.1 Å². The van der Waals surface area contributed by atoms with Gasteiger partial charge in [-0.1, -0.05) is 54.6 Å². The Hall–Kier alpha value is -1.72. The number of aliphatic hydroxyl groups is 1. The SMILES string of the molecule is CC(O)(CNCc1ccc(-c2ccccc2)cc1)CN1CCOCC1. The molecule has 0 amide bonds. The molecule has 1 saturated heterocycles. The molecule has 0 bridgehead atoms. The highest BCUT2D eigenvalue weighted by Crippen LogP contribution is 2.19. The average Bonchev–Trinajstić information content (AvgIpc) is 2.63. The molecule has 2 N–H and O–H groups in total. The van der Waals surface area contributed by atoms with Crippen molar-refractivity contribution in [3.63, 3.8) is 0 Å². The summed E-state index contributed by atoms with van der Waals surface area (Å²) < 4.78 is 5.36. The lowest BCUT2D eigenvalue weighted by atomic mass is 10.0. The van der Waals surface area contributed by atoms with Gasteiger partial charge in [0.15, 0.2) is 0 Å². The van der Waals surface area contributed by atoms with E-state index in [1.54, 1.807) is 0 Å². The van der Waals surface area contributed by atoms with Crippen LogP contribution in [0, 0.1) is 0 Å². The first-order chi connectivity index (χ1) is 12.1. The second kappa shape index (κ2) is 8.59. The van der Waals surface area contributed by atoms with Crippen molar-refractivity contribution in [2.45, 2.75) is 19.1 Å². The van der Waals surface area contributed by atoms with Crippen molar-refractivity contribution in [3.05, 3.63) is 60.2 Å². The minimum Gasteiger partial charge on any atom is -0.388 e. The number of hydrogen-bond donors (Lipinski definition) is 2. The van der Waals surface area contributed by atoms with Crippen LogP contribution in [-0.4, -0.2) is 55.0 Å². The topological polar surface area (TPSA) is 44.7 Å². The molecule has 3 rings (SSSR count). The molecule has 0 aromatic heterocycles. The predicted octanol–water partition coefficient (Wildman–Crippen LogP) is 2.53. The number of morpholine rings is 1. The van der Waals surface area contributed by atoms with Crippen LogP contribution in [0.15, 0.2) is 54.6 Å². The van der Waals surface area contributed by atoms with Crippen molar-refractivity contribution >= 4 is 0 Å². The van der Waals surface area contributed by atoms with Crippen molar-refractivity contribution in [1.82, 2.24) is 10.2 Å². The van der Waals surface area contributed by atoms with Gasteiger partial charge in [-0.2, -0.15) is 0 Å². The fourth-order valence-electron chi connectivity index (χ4n) is 3.22. The molecule has 4 heteroatoms. The molecule has 0 aliphatic carbocycles. The highest BCUT2D eigenvalue weighted by Gasteiger charge is 2.24. The summed E-state index contributed by atoms with van der Waals surface area (Å²) in [5.74, 6) is 0. The van der Waals surface area contributed by atoms with E-state index >= 15 is 0 Å². The molecule has 0 spiro atoms. The molecule has 25 heavy (non-hydrogen) atoms. The maximum Gasteiger partial charge on any atom is 0.0869 e. The first kappa shape index (κ1) is 18.1. The van der Waals surface area contributed by atoms with E-state index < -0.39 is 5.60 Å². The lowest BCUT2D eigenvalue weighted by Gasteiger charge is -2.34. The maximum absolute atomic E-state index is 10.6. The fourth-order valence-corrected chi connectivity index (χ4v) is 3.22. The van der Waals surface area contributed by atoms with Crippen LogP contribution >= 0.6 is 0 Å². The zero-order chi connectivity index (χ0) is 17.5. The van der Waals surface area contributed by atoms with Gasteiger partial charge in [-0.3, -0.25) is 4.90 Å². The number of hydrogen-bond acceptors (Lipinski definition) is 4. The molecule has 1 aliphatic heterocycles. The third-order valence-corrected chi connectivity index (χ3v) is 4.56. The van der Waals surface area contributed by atoms with Crippen LogP contribution in [0.1, 0.15) is 12.5 Å². The van der Waals surface area contributed by atoms with Crippen LogP contribution in [0.2, 0.25) is 0 Å². The molecule has 1 heterocycles. The van der Waals surface area contributed by atoms with Gasteiger partial charge in [-0.15, -0.1) is 0 Å². The monoisotopic (exact) mass is 340 g/mol. The van der Waals surface area contributed by atoms with Crippen LogP contribution in [-0.2, 0) is 11.3 Å². The second-order valence-electron chi connectivity index (χ2n) is 7.05. The largest absolute Gasteiger partial charge is 0.388 e. The van der Waals surface area contributed by atoms with Gasteiger partial charge in [0.1, 0.15) is 0 Å². The Morgan fingerprint density at radius 2 is 1.64 bits per heavy atom. The summed E-state index contributed by atoms with van der Waals surface area (Å²) in [5, 5.41) is 14.0. The van der Waals surface area contributed by atoms with E-state index in [4.69, 9.17) is 4.74 Å². The van der Waals surface area contributed by atoms with E-state index in [-0.39, 0.29) is 0 Å². The van der Waals surface area contributed by atoms with Gasteiger partial charge in [0, 0.05) is 32.7 Å². The van der Waals surface area contributed by atoms with Crippen LogP contribution in [0.4, 0.5) is 0 Å². The Balaban J connectivity index is 1.46. The van der Waals surface area contributed by atoms with Gasteiger partial charge in [-0.25, -0.2) is 0 Å². The summed E-state index contributed by atoms with van der Waals surface area (Å²) in [6.07, 6.45) is 0. The lowest BCUT2D eigenvalue weighted by Crippen LogP contribution is -2.50. The van der Waals surface area contributed by atoms with Gasteiger partial charge in [0.05, 0.1) is 18.8 Å². The third-order valence-electron chi connectivity index (χ3n) is 4.56. The van der Waals surface area contributed by atoms with E-state index in [9.17, 15) is 5.11 Å². The van der Waals surface area contributed by atoms with Crippen molar-refractivity contribution in [2.24, 2.45) is 0 Å². The Morgan fingerprint density at radius 1 is 1.00 bits per heavy atom. The lowest BCUT2D eigenvalue weighted by molar-refractivity contribution is -0.0219. The molecule has 134 valence electrons. The Kier molecular flexibility index (Phi) is 6.21. The molecule has 1 aliphatic rings. The summed E-state index contributed by atoms with van der Waals surface area (Å²) in [5.41, 5.74) is 2.95. The molecular weight excluding hydrogens is 312 g/mol. The Morgan fingerprint density at radius 3 is 2.32 bits per heavy atom. The summed E-state index contributed by atoms with van der Waals surface area (Å²) in [6, 6.07) is 19.0. The van der Waals surface area contributed by atoms with Gasteiger partial charge in [0.25, 0.3) is 0 Å². The molecule has 2 aromatic rings. The van der Waals surface area contributed by atoms with E-state index in [1.807, 2.05) is 13.0 Å². The van der Waals surface area contributed by atoms with Gasteiger partial charge < -0.3 is 15.2 Å². The highest BCUT2D eigenvalue weighted by atomic mass is 16.5. The second-order valence-corrected chi connectivity index (χ2v) is 7.05. The van der Waals surface area contributed by atoms with Crippen molar-refractivity contribution in [1.29, 1.82) is 0 Å². The van der Waals surface area contributed by atoms with Gasteiger partial charge in [-0.05, 0) is 23.6 Å². The van der Waals surface area contributed by atoms with Crippen LogP contribution < -0.4 is 5.32 Å². The molecule has 2 aromatic carbocycles. The minimum absolute atomic E-state index is 0.574. The number of β-amino-alcohol motifs (C(OH)–C–C–N with tert-alkyl or cyclic N) is 1. The van der Waals surface area contributed by atoms with Crippen molar-refractivity contribution in [2.75, 3.05) is 39.4 Å². The smallest absolute Gasteiger partial charge is 0.0869 e. The van der Waals surface area contributed by atoms with E-state index in [2.05, 4.69) is 58.7 Å². The van der Waals surface area contributed by atoms with E-state index in [0.717, 1.165) is 32.8 Å². The molecule has 0 saturated carbocycles. The third kappa shape index (κ3) is 5.65. The molecule has 1 fully saturated rings. The van der Waals surface area contributed by atoms with E-state index in [0.29, 0.717) is 13.1 Å². The zero-order valence-corrected chi connectivity index (χ0v) is 14.9. The maximum atomic E-state index is 10.6. The quantitative estimate of drug-likeness (QED) is 0.813. The summed E-state index contributed by atoms with van der Waals surface area (Å²) in [7, 11) is 0. The summed E-state index contributed by atoms with van der Waals surface area (Å²) >= 11 is 0. The minimum atomic E-state index is -0.735. The van der Waals surface area contributed by atoms with Gasteiger partial charge >= 0.3 is 0 Å². The van der Waals surface area contributed by atoms with Gasteiger partial charge in [0.2, 0.25) is 0 Å². The number of nitrogens with zero attached hydrogens (tertiary/aromatic N) is 1. The molecule has 0 radical (unpaired) electrons. The normalized spacial score (nSPS) is 18.0. The van der Waals surface area contributed by atoms with Crippen LogP contribution in [0.5, 0.6) is 0 Å². The average molecular weight is 340 g/mol. The predicted molar refractivity (Wildman–Crippen MR) is 101 cm³/mol. The fraction of sp³-hybridized carbons (Fsp3) is 0.429. The molecular formula is C21H28N2O2. The number of rotatable bonds is 7. The van der Waals surface area contributed by atoms with E-state index in [1.165, 1.54) is 16.7 Å². The standard InChI is InChI=1S/C21H28N2O2/c1-21(24,17-23-11-13-25-14-12-23)16-22-15-18-7-9-20(10-8-18)19-5-3-2-4-6-19/h2-10,22,24H,11-17H2,1H3. The summed E-state index contributed by atoms with van der Waals surface area (Å²) in [4.78, 5) is 2.26. The molecule has 1 unspecified atom stereocenters. The van der Waals surface area contributed by atoms with Crippen molar-refractivity contribution < 1.29 is 9.84 Å². The first-order valence-electron chi connectivity index (χ1n) is 9.00. The number of benzene rings is 2. The molecule has 1 atom stereocenters. The van der Waals surface area contributed by atoms with Crippen LogP contribution in [0.3, 0.4) is 0 Å². The highest BCUT2D eigenvalue weighted by molar-refractivity contribution is 5.63. The first-order valence-corrected chi connectivity index (χ1v) is 9.00.